The first-order valence-corrected chi connectivity index (χ1v) is 50.8. The molecule has 24 rings (SSSR count). The van der Waals surface area contributed by atoms with Crippen LogP contribution in [0.2, 0.25) is 0 Å². The number of amides is 2. The number of carbonyl (C=O) groups excluding carboxylic acids is 2. The van der Waals surface area contributed by atoms with Crippen molar-refractivity contribution in [1.82, 2.24) is 97.9 Å². The highest BCUT2D eigenvalue weighted by atomic mass is 32.2. The quantitative estimate of drug-likeness (QED) is 0.0680. The lowest BCUT2D eigenvalue weighted by atomic mass is 9.88. The maximum absolute atomic E-state index is 14.7. The van der Waals surface area contributed by atoms with Gasteiger partial charge in [-0.3, -0.25) is 27.2 Å². The molecule has 13 aromatic rings. The number of thioether (sulfide) groups is 1. The van der Waals surface area contributed by atoms with Crippen molar-refractivity contribution in [2.45, 2.75) is 203 Å². The molecule has 33 heteroatoms. The molecule has 8 aromatic heterocycles. The SMILES string of the molecule is CN1CCC(C(=O)N2CCCC(c3cnc(CCc4c(F)ccc5c4CCO5)n4cnnc34)CC2)CC1.Fc1ccc2c(c1CCc1ncc(C3CCOc4ccccc43)c3nncn13)CCO2.Fc1ccc2c(c1CCc1ncc(C3CCSCC3)c3nncn13)CCO2.O=C(C1CCN(C2CCOCC2)CC1)N1CCCC(c2cnc(CCc3c(F)ccc4c3CCO4)n3cnnc23)CC1. The third-order valence-electron chi connectivity index (χ3n) is 30.5. The zero-order chi connectivity index (χ0) is 92.8. The first-order chi connectivity index (χ1) is 67.3. The number of aryl methyl sites for hydroxylation is 4. The van der Waals surface area contributed by atoms with Crippen LogP contribution in [0, 0.1) is 35.1 Å². The number of nitrogens with zero attached hydrogens (tertiary/aromatic N) is 20. The van der Waals surface area contributed by atoms with Gasteiger partial charge in [0, 0.05) is 189 Å². The minimum atomic E-state index is -0.182. The third kappa shape index (κ3) is 19.6. The number of aromatic nitrogens is 16. The number of hydrogen-bond acceptors (Lipinski definition) is 23. The molecule has 5 aromatic carbocycles. The molecule has 0 bridgehead atoms. The van der Waals surface area contributed by atoms with E-state index in [4.69, 9.17) is 48.4 Å². The van der Waals surface area contributed by atoms with Crippen LogP contribution < -0.4 is 23.7 Å². The standard InChI is InChI=1S/C32H41FN6O3.C28H35FN6O2.C24H21FN4O2.C20H21FN4OS/c33-28-4-5-29-26(12-19-42-29)25(28)3-6-30-34-20-27(31-36-35-21-39(30)31)22-2-1-13-38(16-7-22)32(40)23-8-14-37(15-9-23)24-10-17-41-18-11-24;1-33-13-8-20(9-14-33)28(36)34-12-2-3-19(10-15-34)23-17-30-26(35-18-31-32-27(23)35)7-4-21-22-11-16-37-25(22)6-5-24(21)29;25-20-6-7-22-18(10-12-31-22)16(20)5-8-23-26-13-19(24-28-27-14-29(23)24)15-9-11-30-21-4-2-1-3-17(15)21;21-17-2-3-18-15(5-8-26-18)14(17)1-4-19-22-11-16(13-6-9-27-10-7-13)20-24-23-12-25(19)20/h4-5,20-24H,1-3,6-19H2;5-6,17-20H,2-4,7-16H2,1H3;1-4,6-7,13-15H,5,8-12H2;2-3,11-13H,1,4-10H2. The molecule has 2 amide bonds. The van der Waals surface area contributed by atoms with Gasteiger partial charge in [0.1, 0.15) is 101 Å². The van der Waals surface area contributed by atoms with Crippen LogP contribution in [0.3, 0.4) is 0 Å². The molecule has 11 aliphatic rings. The molecule has 716 valence electrons. The van der Waals surface area contributed by atoms with Crippen LogP contribution in [-0.4, -0.2) is 233 Å². The zero-order valence-electron chi connectivity index (χ0n) is 77.8. The molecular weight excluding hydrogens is 1770 g/mol. The fraction of sp³-hybridized carbons (Fsp3) is 0.500. The summed E-state index contributed by atoms with van der Waals surface area (Å²) in [6.45, 7) is 12.1. The number of rotatable bonds is 19. The maximum Gasteiger partial charge on any atom is 0.225 e. The number of likely N-dealkylation sites (tertiary alicyclic amines) is 4. The van der Waals surface area contributed by atoms with Gasteiger partial charge >= 0.3 is 0 Å². The van der Waals surface area contributed by atoms with Crippen LogP contribution in [0.1, 0.15) is 216 Å². The first-order valence-electron chi connectivity index (χ1n) is 49.6. The van der Waals surface area contributed by atoms with Gasteiger partial charge in [-0.25, -0.2) is 37.5 Å². The Morgan fingerprint density at radius 3 is 1.13 bits per heavy atom. The topological polar surface area (TPSA) is 275 Å². The number of hydrogen-bond donors (Lipinski definition) is 0. The fourth-order valence-electron chi connectivity index (χ4n) is 22.9. The summed E-state index contributed by atoms with van der Waals surface area (Å²) in [5.41, 5.74) is 15.8. The number of fused-ring (bicyclic) bond motifs is 9. The number of carbonyl (C=O) groups is 2. The summed E-state index contributed by atoms with van der Waals surface area (Å²) < 4.78 is 99.9. The Morgan fingerprint density at radius 2 is 0.723 bits per heavy atom. The minimum Gasteiger partial charge on any atom is -0.493 e. The Hall–Kier alpha value is -11.8. The number of benzene rings is 5. The first kappa shape index (κ1) is 91.6. The van der Waals surface area contributed by atoms with Crippen LogP contribution in [0.25, 0.3) is 22.6 Å². The molecule has 3 unspecified atom stereocenters. The third-order valence-corrected chi connectivity index (χ3v) is 31.6. The molecule has 28 nitrogen and oxygen atoms in total. The largest absolute Gasteiger partial charge is 0.493 e. The Kier molecular flexibility index (Phi) is 28.0. The van der Waals surface area contributed by atoms with Crippen LogP contribution in [0.4, 0.5) is 17.6 Å². The van der Waals surface area contributed by atoms with Crippen molar-refractivity contribution < 1.29 is 55.6 Å². The molecule has 0 N–H and O–H groups in total. The van der Waals surface area contributed by atoms with Crippen LogP contribution in [0.15, 0.2) is 123 Å². The number of piperidine rings is 2. The lowest BCUT2D eigenvalue weighted by Crippen LogP contribution is -2.47. The van der Waals surface area contributed by atoms with Crippen LogP contribution in [-0.2, 0) is 91.4 Å². The molecule has 6 fully saturated rings. The second-order valence-electron chi connectivity index (χ2n) is 38.3. The number of halogens is 4. The molecule has 6 saturated heterocycles. The Morgan fingerprint density at radius 1 is 0.358 bits per heavy atom. The highest BCUT2D eigenvalue weighted by Crippen LogP contribution is 2.43. The predicted octanol–water partition coefficient (Wildman–Crippen LogP) is 14.9. The Balaban J connectivity index is 0.000000110. The molecule has 0 radical (unpaired) electrons. The van der Waals surface area contributed by atoms with Crippen LogP contribution in [0.5, 0.6) is 28.7 Å². The van der Waals surface area contributed by atoms with E-state index in [2.05, 4.69) is 73.5 Å². The van der Waals surface area contributed by atoms with Gasteiger partial charge in [0.25, 0.3) is 0 Å². The molecular formula is C104H118F4N20O8S. The summed E-state index contributed by atoms with van der Waals surface area (Å²) in [5.74, 6) is 11.4. The fourth-order valence-corrected chi connectivity index (χ4v) is 24.0. The number of ether oxygens (including phenoxy) is 6. The van der Waals surface area contributed by atoms with Crippen molar-refractivity contribution in [2.75, 3.05) is 117 Å². The summed E-state index contributed by atoms with van der Waals surface area (Å²) >= 11 is 2.01. The van der Waals surface area contributed by atoms with Crippen molar-refractivity contribution in [3.8, 4) is 28.7 Å². The van der Waals surface area contributed by atoms with Gasteiger partial charge in [-0.1, -0.05) is 18.2 Å². The van der Waals surface area contributed by atoms with Crippen molar-refractivity contribution >= 4 is 46.2 Å². The van der Waals surface area contributed by atoms with E-state index in [-0.39, 0.29) is 52.9 Å². The van der Waals surface area contributed by atoms with Gasteiger partial charge in [0.15, 0.2) is 22.6 Å². The van der Waals surface area contributed by atoms with Gasteiger partial charge in [-0.15, -0.1) is 40.8 Å². The van der Waals surface area contributed by atoms with Crippen molar-refractivity contribution in [3.05, 3.63) is 242 Å². The highest BCUT2D eigenvalue weighted by Gasteiger charge is 2.37. The van der Waals surface area contributed by atoms with E-state index in [0.717, 1.165) is 329 Å². The lowest BCUT2D eigenvalue weighted by Gasteiger charge is -2.39. The maximum atomic E-state index is 14.7. The van der Waals surface area contributed by atoms with Gasteiger partial charge in [-0.2, -0.15) is 11.8 Å². The molecule has 137 heavy (non-hydrogen) atoms. The van der Waals surface area contributed by atoms with Crippen molar-refractivity contribution in [2.24, 2.45) is 11.8 Å². The lowest BCUT2D eigenvalue weighted by molar-refractivity contribution is -0.138. The van der Waals surface area contributed by atoms with E-state index < -0.39 is 0 Å². The van der Waals surface area contributed by atoms with E-state index in [1.165, 1.54) is 41.3 Å². The minimum absolute atomic E-state index is 0.143. The Labute approximate surface area is 797 Å². The second-order valence-corrected chi connectivity index (χ2v) is 39.5. The van der Waals surface area contributed by atoms with Gasteiger partial charge in [0.05, 0.1) is 33.0 Å². The molecule has 0 spiro atoms. The predicted molar refractivity (Wildman–Crippen MR) is 508 cm³/mol. The average Bonchev–Trinajstić information content (AvgIpc) is 1.70. The summed E-state index contributed by atoms with van der Waals surface area (Å²) in [5, 5.41) is 34.4. The van der Waals surface area contributed by atoms with Crippen LogP contribution >= 0.6 is 11.8 Å². The molecule has 19 heterocycles. The number of para-hydroxylation sites is 1. The highest BCUT2D eigenvalue weighted by molar-refractivity contribution is 7.99. The molecule has 3 atom stereocenters. The smallest absolute Gasteiger partial charge is 0.225 e. The molecule has 0 aliphatic carbocycles. The van der Waals surface area contributed by atoms with E-state index >= 15 is 0 Å². The van der Waals surface area contributed by atoms with Gasteiger partial charge in [-0.05, 0) is 261 Å². The van der Waals surface area contributed by atoms with Crippen molar-refractivity contribution in [3.63, 3.8) is 0 Å². The second kappa shape index (κ2) is 41.9. The zero-order valence-corrected chi connectivity index (χ0v) is 78.6. The Bertz CT molecular complexity index is 6510. The summed E-state index contributed by atoms with van der Waals surface area (Å²) in [6, 6.07) is 21.6. The normalized spacial score (nSPS) is 19.9. The molecule has 11 aliphatic heterocycles. The van der Waals surface area contributed by atoms with Crippen molar-refractivity contribution in [1.29, 1.82) is 0 Å². The van der Waals surface area contributed by atoms with Gasteiger partial charge < -0.3 is 48.0 Å². The molecule has 0 saturated carbocycles. The van der Waals surface area contributed by atoms with Gasteiger partial charge in [0.2, 0.25) is 11.8 Å². The van der Waals surface area contributed by atoms with E-state index in [1.807, 2.05) is 72.4 Å². The van der Waals surface area contributed by atoms with E-state index in [0.29, 0.717) is 108 Å². The van der Waals surface area contributed by atoms with E-state index in [9.17, 15) is 27.2 Å². The monoisotopic (exact) mass is 1880 g/mol. The summed E-state index contributed by atoms with van der Waals surface area (Å²) in [6.07, 6.45) is 37.3. The summed E-state index contributed by atoms with van der Waals surface area (Å²) in [7, 11) is 2.13. The summed E-state index contributed by atoms with van der Waals surface area (Å²) in [4.78, 5) is 54.9. The average molecular weight is 1880 g/mol. The van der Waals surface area contributed by atoms with E-state index in [1.54, 1.807) is 49.6 Å².